The van der Waals surface area contributed by atoms with Crippen LogP contribution in [0.4, 0.5) is 0 Å². The predicted octanol–water partition coefficient (Wildman–Crippen LogP) is 4.08. The van der Waals surface area contributed by atoms with Gasteiger partial charge in [0.2, 0.25) is 11.8 Å². The van der Waals surface area contributed by atoms with Crippen molar-refractivity contribution in [2.24, 2.45) is 0 Å². The van der Waals surface area contributed by atoms with Crippen LogP contribution in [0.3, 0.4) is 0 Å². The third kappa shape index (κ3) is 5.31. The van der Waals surface area contributed by atoms with Crippen molar-refractivity contribution >= 4 is 27.5 Å². The Kier molecular flexibility index (Phi) is 6.72. The maximum atomic E-state index is 12.3. The van der Waals surface area contributed by atoms with Gasteiger partial charge in [-0.05, 0) is 32.3 Å². The van der Waals surface area contributed by atoms with Gasteiger partial charge in [0.15, 0.2) is 0 Å². The summed E-state index contributed by atoms with van der Waals surface area (Å²) in [6.45, 7) is 3.47. The number of likely N-dealkylation sites (tertiary alicyclic amines) is 1. The van der Waals surface area contributed by atoms with E-state index in [1.807, 2.05) is 51.6 Å². The molecule has 0 N–H and O–H groups in total. The van der Waals surface area contributed by atoms with Crippen molar-refractivity contribution in [1.82, 2.24) is 9.88 Å². The van der Waals surface area contributed by atoms with Crippen LogP contribution in [0.2, 0.25) is 0 Å². The smallest absolute Gasteiger partial charge is 0.222 e. The standard InChI is InChI=1S/C18H26N2O2S2/c1-14-5-4-7-17(19-14)22-15-9-11-20(13-15)18(21)8-3-2-6-16-10-12-23-24-16/h4-5,7,15-16H,2-3,6,8-13H2,1H3. The lowest BCUT2D eigenvalue weighted by atomic mass is 10.1. The summed E-state index contributed by atoms with van der Waals surface area (Å²) >= 11 is 0. The number of unbranched alkanes of at least 4 members (excludes halogenated alkanes) is 1. The first-order chi connectivity index (χ1) is 11.7. The zero-order valence-electron chi connectivity index (χ0n) is 14.3. The molecule has 1 aromatic heterocycles. The lowest BCUT2D eigenvalue weighted by Gasteiger charge is -2.17. The zero-order chi connectivity index (χ0) is 16.8. The van der Waals surface area contributed by atoms with E-state index in [9.17, 15) is 4.79 Å². The molecule has 2 atom stereocenters. The van der Waals surface area contributed by atoms with Gasteiger partial charge in [-0.2, -0.15) is 0 Å². The Morgan fingerprint density at radius 3 is 3.08 bits per heavy atom. The molecule has 24 heavy (non-hydrogen) atoms. The van der Waals surface area contributed by atoms with Gasteiger partial charge < -0.3 is 9.64 Å². The number of aromatic nitrogens is 1. The number of carbonyl (C=O) groups excluding carboxylic acids is 1. The molecule has 0 radical (unpaired) electrons. The second-order valence-corrected chi connectivity index (χ2v) is 9.35. The Labute approximate surface area is 152 Å². The molecule has 2 saturated heterocycles. The molecule has 0 aromatic carbocycles. The van der Waals surface area contributed by atoms with E-state index in [2.05, 4.69) is 4.98 Å². The van der Waals surface area contributed by atoms with Gasteiger partial charge in [-0.3, -0.25) is 4.79 Å². The summed E-state index contributed by atoms with van der Waals surface area (Å²) in [5.74, 6) is 2.24. The third-order valence-corrected chi connectivity index (χ3v) is 7.55. The van der Waals surface area contributed by atoms with Crippen molar-refractivity contribution in [3.8, 4) is 5.88 Å². The van der Waals surface area contributed by atoms with Crippen LogP contribution >= 0.6 is 21.6 Å². The van der Waals surface area contributed by atoms with Crippen LogP contribution in [0.15, 0.2) is 18.2 Å². The molecule has 2 fully saturated rings. The van der Waals surface area contributed by atoms with E-state index in [1.54, 1.807) is 0 Å². The first kappa shape index (κ1) is 17.9. The topological polar surface area (TPSA) is 42.4 Å². The van der Waals surface area contributed by atoms with Crippen LogP contribution in [0.1, 0.15) is 44.2 Å². The first-order valence-electron chi connectivity index (χ1n) is 8.87. The number of amides is 1. The molecular formula is C18H26N2O2S2. The molecule has 1 aromatic rings. The van der Waals surface area contributed by atoms with Gasteiger partial charge in [-0.25, -0.2) is 4.98 Å². The van der Waals surface area contributed by atoms with Crippen molar-refractivity contribution < 1.29 is 9.53 Å². The second-order valence-electron chi connectivity index (χ2n) is 6.56. The highest BCUT2D eigenvalue weighted by molar-refractivity contribution is 8.77. The normalized spacial score (nSPS) is 23.6. The van der Waals surface area contributed by atoms with E-state index in [0.717, 1.165) is 30.3 Å². The van der Waals surface area contributed by atoms with Crippen molar-refractivity contribution in [3.05, 3.63) is 23.9 Å². The van der Waals surface area contributed by atoms with Crippen LogP contribution in [0.25, 0.3) is 0 Å². The largest absolute Gasteiger partial charge is 0.472 e. The Morgan fingerprint density at radius 2 is 2.29 bits per heavy atom. The molecule has 0 saturated carbocycles. The molecule has 1 amide bonds. The van der Waals surface area contributed by atoms with Crippen molar-refractivity contribution in [1.29, 1.82) is 0 Å². The Bertz CT molecular complexity index is 550. The van der Waals surface area contributed by atoms with Gasteiger partial charge in [-0.15, -0.1) is 0 Å². The molecule has 2 aliphatic rings. The number of carbonyl (C=O) groups is 1. The fourth-order valence-corrected chi connectivity index (χ4v) is 6.20. The molecule has 3 rings (SSSR count). The lowest BCUT2D eigenvalue weighted by molar-refractivity contribution is -0.130. The number of ether oxygens (including phenoxy) is 1. The Balaban J connectivity index is 1.34. The van der Waals surface area contributed by atoms with E-state index in [1.165, 1.54) is 25.0 Å². The molecule has 2 unspecified atom stereocenters. The minimum absolute atomic E-state index is 0.0789. The minimum atomic E-state index is 0.0789. The molecule has 0 spiro atoms. The maximum absolute atomic E-state index is 12.3. The molecule has 6 heteroatoms. The number of rotatable bonds is 7. The molecule has 2 aliphatic heterocycles. The lowest BCUT2D eigenvalue weighted by Crippen LogP contribution is -2.30. The van der Waals surface area contributed by atoms with Crippen LogP contribution in [-0.2, 0) is 4.79 Å². The van der Waals surface area contributed by atoms with E-state index >= 15 is 0 Å². The van der Waals surface area contributed by atoms with Crippen molar-refractivity contribution in [2.75, 3.05) is 18.8 Å². The third-order valence-electron chi connectivity index (χ3n) is 4.54. The summed E-state index contributed by atoms with van der Waals surface area (Å²) < 4.78 is 5.92. The van der Waals surface area contributed by atoms with Crippen LogP contribution < -0.4 is 4.74 Å². The van der Waals surface area contributed by atoms with Crippen LogP contribution in [0.5, 0.6) is 5.88 Å². The highest BCUT2D eigenvalue weighted by Gasteiger charge is 2.27. The summed E-state index contributed by atoms with van der Waals surface area (Å²) in [4.78, 5) is 18.7. The highest BCUT2D eigenvalue weighted by atomic mass is 33.1. The molecular weight excluding hydrogens is 340 g/mol. The monoisotopic (exact) mass is 366 g/mol. The van der Waals surface area contributed by atoms with Gasteiger partial charge in [0.1, 0.15) is 6.10 Å². The summed E-state index contributed by atoms with van der Waals surface area (Å²) in [7, 11) is 4.02. The molecule has 4 nitrogen and oxygen atoms in total. The van der Waals surface area contributed by atoms with Crippen molar-refractivity contribution in [3.63, 3.8) is 0 Å². The highest BCUT2D eigenvalue weighted by Crippen LogP contribution is 2.39. The average molecular weight is 367 g/mol. The minimum Gasteiger partial charge on any atom is -0.472 e. The predicted molar refractivity (Wildman–Crippen MR) is 102 cm³/mol. The molecule has 0 bridgehead atoms. The fourth-order valence-electron chi connectivity index (χ4n) is 3.18. The number of nitrogens with zero attached hydrogens (tertiary/aromatic N) is 2. The summed E-state index contributed by atoms with van der Waals surface area (Å²) in [5, 5.41) is 0.816. The van der Waals surface area contributed by atoms with E-state index in [4.69, 9.17) is 4.74 Å². The number of hydrogen-bond donors (Lipinski definition) is 0. The molecule has 132 valence electrons. The summed E-state index contributed by atoms with van der Waals surface area (Å²) in [6.07, 6.45) is 6.44. The Hall–Kier alpha value is -0.880. The summed E-state index contributed by atoms with van der Waals surface area (Å²) in [5.41, 5.74) is 0.956. The molecule has 0 aliphatic carbocycles. The summed E-state index contributed by atoms with van der Waals surface area (Å²) in [6, 6.07) is 5.80. The average Bonchev–Trinajstić information content (AvgIpc) is 3.23. The maximum Gasteiger partial charge on any atom is 0.222 e. The quantitative estimate of drug-likeness (QED) is 0.537. The number of hydrogen-bond acceptors (Lipinski definition) is 5. The zero-order valence-corrected chi connectivity index (χ0v) is 15.9. The van der Waals surface area contributed by atoms with Crippen LogP contribution in [-0.4, -0.2) is 46.0 Å². The second kappa shape index (κ2) is 8.99. The first-order valence-corrected chi connectivity index (χ1v) is 11.3. The van der Waals surface area contributed by atoms with Gasteiger partial charge in [0.25, 0.3) is 0 Å². The van der Waals surface area contributed by atoms with Gasteiger partial charge in [0, 0.05) is 42.1 Å². The van der Waals surface area contributed by atoms with Crippen molar-refractivity contribution in [2.45, 2.75) is 56.8 Å². The number of pyridine rings is 1. The van der Waals surface area contributed by atoms with E-state index in [0.29, 0.717) is 18.8 Å². The van der Waals surface area contributed by atoms with Gasteiger partial charge >= 0.3 is 0 Å². The fraction of sp³-hybridized carbons (Fsp3) is 0.667. The van der Waals surface area contributed by atoms with E-state index in [-0.39, 0.29) is 12.0 Å². The van der Waals surface area contributed by atoms with Gasteiger partial charge in [-0.1, -0.05) is 34.1 Å². The van der Waals surface area contributed by atoms with Gasteiger partial charge in [0.05, 0.1) is 6.54 Å². The Morgan fingerprint density at radius 1 is 1.38 bits per heavy atom. The van der Waals surface area contributed by atoms with Crippen LogP contribution in [0, 0.1) is 6.92 Å². The SMILES string of the molecule is Cc1cccc(OC2CCN(C(=O)CCCCC3CCSS3)C2)n1. The number of aryl methyl sites for hydroxylation is 1. The van der Waals surface area contributed by atoms with E-state index < -0.39 is 0 Å². The molecule has 3 heterocycles.